The maximum atomic E-state index is 13.2. The Morgan fingerprint density at radius 3 is 2.84 bits per heavy atom. The van der Waals surface area contributed by atoms with E-state index in [1.165, 1.54) is 0 Å². The Kier molecular flexibility index (Phi) is 6.03. The predicted octanol–water partition coefficient (Wildman–Crippen LogP) is 4.43. The van der Waals surface area contributed by atoms with Crippen LogP contribution in [0.3, 0.4) is 0 Å². The molecule has 2 aromatic carbocycles. The molecule has 6 nitrogen and oxygen atoms in total. The van der Waals surface area contributed by atoms with Crippen LogP contribution in [0.15, 0.2) is 54.2 Å². The molecule has 0 fully saturated rings. The van der Waals surface area contributed by atoms with Gasteiger partial charge in [0.2, 0.25) is 0 Å². The van der Waals surface area contributed by atoms with E-state index in [1.54, 1.807) is 0 Å². The van der Waals surface area contributed by atoms with Crippen molar-refractivity contribution in [2.45, 2.75) is 45.7 Å². The molecule has 0 saturated carbocycles. The molecule has 1 aliphatic carbocycles. The van der Waals surface area contributed by atoms with Crippen molar-refractivity contribution in [3.05, 3.63) is 76.8 Å². The normalized spacial score (nSPS) is 15.9. The summed E-state index contributed by atoms with van der Waals surface area (Å²) in [6.45, 7) is 5.39. The van der Waals surface area contributed by atoms with Gasteiger partial charge in [-0.05, 0) is 62.1 Å². The van der Waals surface area contributed by atoms with Crippen LogP contribution in [-0.4, -0.2) is 33.4 Å². The van der Waals surface area contributed by atoms with Gasteiger partial charge in [0.15, 0.2) is 5.82 Å². The first-order chi connectivity index (χ1) is 15.1. The number of H-pyrrole nitrogens is 1. The molecule has 0 saturated heterocycles. The highest BCUT2D eigenvalue weighted by Crippen LogP contribution is 2.24. The quantitative estimate of drug-likeness (QED) is 0.626. The first kappa shape index (κ1) is 20.7. The summed E-state index contributed by atoms with van der Waals surface area (Å²) in [6.07, 6.45) is 4.90. The second-order valence-electron chi connectivity index (χ2n) is 8.02. The van der Waals surface area contributed by atoms with Crippen LogP contribution in [0.1, 0.15) is 53.5 Å². The molecule has 1 heterocycles. The molecule has 1 amide bonds. The number of hydrogen-bond donors (Lipinski definition) is 2. The van der Waals surface area contributed by atoms with Crippen molar-refractivity contribution in [3.63, 3.8) is 0 Å². The first-order valence-electron chi connectivity index (χ1n) is 10.8. The highest BCUT2D eigenvalue weighted by atomic mass is 16.2. The molecular formula is C25H27N5O. The van der Waals surface area contributed by atoms with Crippen LogP contribution in [0.5, 0.6) is 0 Å². The summed E-state index contributed by atoms with van der Waals surface area (Å²) in [5.41, 5.74) is 5.79. The van der Waals surface area contributed by atoms with Crippen molar-refractivity contribution in [2.24, 2.45) is 0 Å². The molecule has 2 N–H and O–H groups in total. The van der Waals surface area contributed by atoms with Crippen LogP contribution in [0.2, 0.25) is 0 Å². The standard InChI is InChI=1S/C25H27N5O/c1-3-30(25(31)24-28-22-12-7-17(2)13-23(22)29-24)21-6-4-5-20(14-21)27-16-19-10-8-18(15-26)9-11-19/h5,7-13,21,27H,3-4,6,14,16H2,1-2H3,(H,28,29)/t21-/m0/s1. The van der Waals surface area contributed by atoms with Crippen molar-refractivity contribution in [1.82, 2.24) is 20.2 Å². The van der Waals surface area contributed by atoms with Gasteiger partial charge in [-0.3, -0.25) is 4.79 Å². The summed E-state index contributed by atoms with van der Waals surface area (Å²) in [5, 5.41) is 12.4. The largest absolute Gasteiger partial charge is 0.384 e. The van der Waals surface area contributed by atoms with Gasteiger partial charge < -0.3 is 15.2 Å². The van der Waals surface area contributed by atoms with E-state index < -0.39 is 0 Å². The zero-order valence-corrected chi connectivity index (χ0v) is 18.0. The molecule has 31 heavy (non-hydrogen) atoms. The number of carbonyl (C=O) groups is 1. The van der Waals surface area contributed by atoms with E-state index in [2.05, 4.69) is 27.4 Å². The number of nitriles is 1. The molecule has 0 radical (unpaired) electrons. The summed E-state index contributed by atoms with van der Waals surface area (Å²) < 4.78 is 0. The average molecular weight is 414 g/mol. The predicted molar refractivity (Wildman–Crippen MR) is 121 cm³/mol. The number of fused-ring (bicyclic) bond motifs is 1. The summed E-state index contributed by atoms with van der Waals surface area (Å²) in [5.74, 6) is 0.360. The van der Waals surface area contributed by atoms with Crippen LogP contribution in [0.25, 0.3) is 11.0 Å². The molecule has 0 bridgehead atoms. The van der Waals surface area contributed by atoms with Gasteiger partial charge in [-0.2, -0.15) is 5.26 Å². The van der Waals surface area contributed by atoms with Crippen molar-refractivity contribution in [2.75, 3.05) is 6.54 Å². The number of aromatic nitrogens is 2. The Hall–Kier alpha value is -3.59. The number of aromatic amines is 1. The van der Waals surface area contributed by atoms with Crippen molar-refractivity contribution < 1.29 is 4.79 Å². The van der Waals surface area contributed by atoms with E-state index in [9.17, 15) is 4.79 Å². The third-order valence-corrected chi connectivity index (χ3v) is 5.83. The van der Waals surface area contributed by atoms with Gasteiger partial charge in [0.05, 0.1) is 22.7 Å². The van der Waals surface area contributed by atoms with Crippen LogP contribution >= 0.6 is 0 Å². The lowest BCUT2D eigenvalue weighted by Gasteiger charge is -2.33. The lowest BCUT2D eigenvalue weighted by atomic mass is 9.97. The van der Waals surface area contributed by atoms with Crippen LogP contribution in [-0.2, 0) is 6.54 Å². The lowest BCUT2D eigenvalue weighted by Crippen LogP contribution is -2.42. The molecule has 0 unspecified atom stereocenters. The highest BCUT2D eigenvalue weighted by molar-refractivity contribution is 5.94. The Morgan fingerprint density at radius 2 is 2.10 bits per heavy atom. The fourth-order valence-corrected chi connectivity index (χ4v) is 4.13. The van der Waals surface area contributed by atoms with Crippen molar-refractivity contribution in [1.29, 1.82) is 5.26 Å². The number of carbonyl (C=O) groups excluding carboxylic acids is 1. The molecule has 0 spiro atoms. The maximum absolute atomic E-state index is 13.2. The maximum Gasteiger partial charge on any atom is 0.289 e. The Labute approximate surface area is 182 Å². The van der Waals surface area contributed by atoms with Gasteiger partial charge in [0.1, 0.15) is 0 Å². The molecule has 4 rings (SSSR count). The third kappa shape index (κ3) is 4.61. The van der Waals surface area contributed by atoms with E-state index in [1.807, 2.05) is 61.2 Å². The van der Waals surface area contributed by atoms with Crippen molar-refractivity contribution in [3.8, 4) is 6.07 Å². The third-order valence-electron chi connectivity index (χ3n) is 5.83. The number of hydrogen-bond acceptors (Lipinski definition) is 4. The van der Waals surface area contributed by atoms with Gasteiger partial charge in [0, 0.05) is 31.2 Å². The van der Waals surface area contributed by atoms with E-state index in [0.717, 1.165) is 47.1 Å². The number of imidazole rings is 1. The minimum absolute atomic E-state index is 0.0466. The minimum Gasteiger partial charge on any atom is -0.384 e. The topological polar surface area (TPSA) is 84.8 Å². The smallest absolute Gasteiger partial charge is 0.289 e. The van der Waals surface area contributed by atoms with Gasteiger partial charge >= 0.3 is 0 Å². The Bertz CT molecular complexity index is 1150. The van der Waals surface area contributed by atoms with E-state index in [-0.39, 0.29) is 11.9 Å². The van der Waals surface area contributed by atoms with E-state index in [4.69, 9.17) is 5.26 Å². The number of amides is 1. The fraction of sp³-hybridized carbons (Fsp3) is 0.320. The number of allylic oxidation sites excluding steroid dienone is 1. The van der Waals surface area contributed by atoms with Gasteiger partial charge in [-0.1, -0.05) is 24.3 Å². The average Bonchev–Trinajstić information content (AvgIpc) is 3.22. The zero-order chi connectivity index (χ0) is 21.8. The van der Waals surface area contributed by atoms with Crippen LogP contribution in [0.4, 0.5) is 0 Å². The molecule has 6 heteroatoms. The number of rotatable bonds is 6. The molecule has 1 atom stereocenters. The number of nitrogens with zero attached hydrogens (tertiary/aromatic N) is 3. The van der Waals surface area contributed by atoms with Crippen LogP contribution < -0.4 is 5.32 Å². The molecule has 0 aliphatic heterocycles. The van der Waals surface area contributed by atoms with Gasteiger partial charge in [-0.15, -0.1) is 0 Å². The Morgan fingerprint density at radius 1 is 1.29 bits per heavy atom. The number of nitrogens with one attached hydrogen (secondary N) is 2. The first-order valence-corrected chi connectivity index (χ1v) is 10.8. The lowest BCUT2D eigenvalue weighted by molar-refractivity contribution is 0.0663. The SMILES string of the molecule is CCN(C(=O)c1nc2cc(C)ccc2[nH]1)[C@H]1CCC=C(NCc2ccc(C#N)cc2)C1. The summed E-state index contributed by atoms with van der Waals surface area (Å²) in [7, 11) is 0. The summed E-state index contributed by atoms with van der Waals surface area (Å²) >= 11 is 0. The monoisotopic (exact) mass is 413 g/mol. The van der Waals surface area contributed by atoms with Gasteiger partial charge in [-0.25, -0.2) is 4.98 Å². The van der Waals surface area contributed by atoms with Crippen molar-refractivity contribution >= 4 is 16.9 Å². The minimum atomic E-state index is -0.0466. The van der Waals surface area contributed by atoms with Gasteiger partial charge in [0.25, 0.3) is 5.91 Å². The molecule has 1 aromatic heterocycles. The van der Waals surface area contributed by atoms with E-state index >= 15 is 0 Å². The number of aryl methyl sites for hydroxylation is 1. The Balaban J connectivity index is 1.42. The molecular weight excluding hydrogens is 386 g/mol. The zero-order valence-electron chi connectivity index (χ0n) is 18.0. The second-order valence-corrected chi connectivity index (χ2v) is 8.02. The molecule has 1 aliphatic rings. The second kappa shape index (κ2) is 9.05. The van der Waals surface area contributed by atoms with Crippen LogP contribution in [0, 0.1) is 18.3 Å². The fourth-order valence-electron chi connectivity index (χ4n) is 4.13. The number of benzene rings is 2. The molecule has 158 valence electrons. The van der Waals surface area contributed by atoms with E-state index in [0.29, 0.717) is 24.5 Å². The molecule has 3 aromatic rings. The highest BCUT2D eigenvalue weighted by Gasteiger charge is 2.27. The summed E-state index contributed by atoms with van der Waals surface area (Å²) in [4.78, 5) is 22.9. The summed E-state index contributed by atoms with van der Waals surface area (Å²) in [6, 6.07) is 15.9.